The molecule has 2 bridgehead atoms. The van der Waals surface area contributed by atoms with Crippen LogP contribution in [0.4, 0.5) is 0 Å². The van der Waals surface area contributed by atoms with E-state index in [1.54, 1.807) is 11.3 Å². The van der Waals surface area contributed by atoms with Crippen molar-refractivity contribution in [1.82, 2.24) is 10.2 Å². The van der Waals surface area contributed by atoms with Gasteiger partial charge in [0.05, 0.1) is 4.88 Å². The lowest BCUT2D eigenvalue weighted by Gasteiger charge is -2.44. The average Bonchev–Trinajstić information content (AvgIpc) is 3.18. The van der Waals surface area contributed by atoms with Gasteiger partial charge in [0.1, 0.15) is 0 Å². The highest BCUT2D eigenvalue weighted by molar-refractivity contribution is 7.16. The molecule has 0 aromatic carbocycles. The zero-order chi connectivity index (χ0) is 15.8. The number of carbonyl (C=O) groups is 1. The lowest BCUT2D eigenvalue weighted by atomic mass is 9.84. The van der Waals surface area contributed by atoms with Gasteiger partial charge in [0.2, 0.25) is 0 Å². The summed E-state index contributed by atoms with van der Waals surface area (Å²) in [5.41, 5.74) is 0. The first-order valence-corrected chi connectivity index (χ1v) is 9.68. The molecule has 1 amide bonds. The molecule has 3 fully saturated rings. The van der Waals surface area contributed by atoms with Gasteiger partial charge in [-0.05, 0) is 63.0 Å². The molecule has 3 aliphatic heterocycles. The number of thiophene rings is 2. The summed E-state index contributed by atoms with van der Waals surface area (Å²) in [7, 11) is 0. The van der Waals surface area contributed by atoms with Crippen LogP contribution in [-0.4, -0.2) is 36.5 Å². The van der Waals surface area contributed by atoms with Crippen LogP contribution in [-0.2, 0) is 0 Å². The standard InChI is InChI=1S/C17H20N2O2S2/c1-11-2-4-15(22-11)21-16-5-3-14(23-16)17(20)18-13-10-19-8-6-12(13)7-9-19/h2-5,12-13H,6-10H2,1H3,(H,18,20). The number of rotatable bonds is 4. The number of ether oxygens (including phenoxy) is 1. The number of nitrogens with one attached hydrogen (secondary N) is 1. The minimum atomic E-state index is 0.0333. The summed E-state index contributed by atoms with van der Waals surface area (Å²) in [6, 6.07) is 8.04. The summed E-state index contributed by atoms with van der Waals surface area (Å²) in [6.07, 6.45) is 2.42. The predicted molar refractivity (Wildman–Crippen MR) is 93.9 cm³/mol. The molecule has 1 atom stereocenters. The van der Waals surface area contributed by atoms with Crippen LogP contribution in [0.1, 0.15) is 27.4 Å². The van der Waals surface area contributed by atoms with Crippen molar-refractivity contribution in [2.45, 2.75) is 25.8 Å². The van der Waals surface area contributed by atoms with Gasteiger partial charge in [0.15, 0.2) is 10.1 Å². The van der Waals surface area contributed by atoms with E-state index in [2.05, 4.69) is 17.1 Å². The second-order valence-corrected chi connectivity index (χ2v) is 8.60. The first-order valence-electron chi connectivity index (χ1n) is 8.05. The Morgan fingerprint density at radius 2 is 1.91 bits per heavy atom. The van der Waals surface area contributed by atoms with Crippen LogP contribution in [0.3, 0.4) is 0 Å². The fraction of sp³-hybridized carbons (Fsp3) is 0.471. The summed E-state index contributed by atoms with van der Waals surface area (Å²) in [5, 5.41) is 4.86. The minimum absolute atomic E-state index is 0.0333. The minimum Gasteiger partial charge on any atom is -0.436 e. The van der Waals surface area contributed by atoms with Gasteiger partial charge in [-0.2, -0.15) is 0 Å². The Labute approximate surface area is 144 Å². The summed E-state index contributed by atoms with van der Waals surface area (Å²) < 4.78 is 5.82. The molecule has 3 aliphatic rings. The van der Waals surface area contributed by atoms with Crippen LogP contribution in [0.2, 0.25) is 0 Å². The number of nitrogens with zero attached hydrogens (tertiary/aromatic N) is 1. The number of amides is 1. The molecule has 23 heavy (non-hydrogen) atoms. The highest BCUT2D eigenvalue weighted by Gasteiger charge is 2.35. The number of aryl methyl sites for hydroxylation is 1. The summed E-state index contributed by atoms with van der Waals surface area (Å²) >= 11 is 3.03. The highest BCUT2D eigenvalue weighted by atomic mass is 32.1. The zero-order valence-electron chi connectivity index (χ0n) is 13.1. The van der Waals surface area contributed by atoms with Gasteiger partial charge in [0, 0.05) is 17.5 Å². The first-order chi connectivity index (χ1) is 11.2. The topological polar surface area (TPSA) is 41.6 Å². The number of fused-ring (bicyclic) bond motifs is 3. The van der Waals surface area contributed by atoms with Gasteiger partial charge in [0.25, 0.3) is 5.91 Å². The number of piperidine rings is 3. The van der Waals surface area contributed by atoms with Crippen molar-refractivity contribution in [2.75, 3.05) is 19.6 Å². The fourth-order valence-corrected chi connectivity index (χ4v) is 4.98. The maximum absolute atomic E-state index is 12.5. The average molecular weight is 348 g/mol. The second kappa shape index (κ2) is 6.26. The molecule has 0 spiro atoms. The van der Waals surface area contributed by atoms with Gasteiger partial charge < -0.3 is 15.0 Å². The Hall–Kier alpha value is -1.37. The smallest absolute Gasteiger partial charge is 0.261 e. The summed E-state index contributed by atoms with van der Waals surface area (Å²) in [6.45, 7) is 5.43. The molecule has 0 aliphatic carbocycles. The largest absolute Gasteiger partial charge is 0.436 e. The van der Waals surface area contributed by atoms with E-state index in [-0.39, 0.29) is 5.91 Å². The highest BCUT2D eigenvalue weighted by Crippen LogP contribution is 2.34. The summed E-state index contributed by atoms with van der Waals surface area (Å²) in [5.74, 6) is 0.680. The van der Waals surface area contributed by atoms with Gasteiger partial charge in [-0.15, -0.1) is 11.3 Å². The van der Waals surface area contributed by atoms with Crippen LogP contribution >= 0.6 is 22.7 Å². The number of hydrogen-bond donors (Lipinski definition) is 1. The van der Waals surface area contributed by atoms with Crippen molar-refractivity contribution < 1.29 is 9.53 Å². The van der Waals surface area contributed by atoms with Crippen molar-refractivity contribution in [3.63, 3.8) is 0 Å². The fourth-order valence-electron chi connectivity index (χ4n) is 3.43. The Bertz CT molecular complexity index is 701. The molecule has 122 valence electrons. The van der Waals surface area contributed by atoms with Gasteiger partial charge in [-0.25, -0.2) is 0 Å². The SMILES string of the molecule is Cc1ccc(Oc2ccc(C(=O)NC3CN4CCC3CC4)s2)s1. The molecule has 1 unspecified atom stereocenters. The van der Waals surface area contributed by atoms with E-state index in [0.29, 0.717) is 12.0 Å². The Kier molecular flexibility index (Phi) is 4.13. The molecule has 2 aromatic rings. The van der Waals surface area contributed by atoms with E-state index in [9.17, 15) is 4.79 Å². The van der Waals surface area contributed by atoms with Crippen LogP contribution in [0.5, 0.6) is 10.1 Å². The van der Waals surface area contributed by atoms with Crippen LogP contribution in [0.15, 0.2) is 24.3 Å². The molecule has 5 heterocycles. The number of hydrogen-bond acceptors (Lipinski definition) is 5. The normalized spacial score (nSPS) is 26.2. The third-order valence-corrected chi connectivity index (χ3v) is 6.54. The molecular weight excluding hydrogens is 328 g/mol. The Morgan fingerprint density at radius 1 is 1.17 bits per heavy atom. The third-order valence-electron chi connectivity index (χ3n) is 4.69. The van der Waals surface area contributed by atoms with Crippen molar-refractivity contribution >= 4 is 28.6 Å². The van der Waals surface area contributed by atoms with E-state index in [1.165, 1.54) is 42.1 Å². The van der Waals surface area contributed by atoms with E-state index >= 15 is 0 Å². The molecule has 5 rings (SSSR count). The van der Waals surface area contributed by atoms with Crippen molar-refractivity contribution in [2.24, 2.45) is 5.92 Å². The van der Waals surface area contributed by atoms with Crippen molar-refractivity contribution in [1.29, 1.82) is 0 Å². The lowest BCUT2D eigenvalue weighted by Crippen LogP contribution is -2.57. The van der Waals surface area contributed by atoms with Crippen molar-refractivity contribution in [3.8, 4) is 10.1 Å². The molecule has 0 saturated carbocycles. The summed E-state index contributed by atoms with van der Waals surface area (Å²) in [4.78, 5) is 16.9. The monoisotopic (exact) mass is 348 g/mol. The van der Waals surface area contributed by atoms with Crippen LogP contribution in [0, 0.1) is 12.8 Å². The molecule has 4 nitrogen and oxygen atoms in total. The predicted octanol–water partition coefficient (Wildman–Crippen LogP) is 3.73. The second-order valence-electron chi connectivity index (χ2n) is 6.30. The first kappa shape index (κ1) is 15.2. The molecular formula is C17H20N2O2S2. The third kappa shape index (κ3) is 3.29. The Balaban J connectivity index is 1.39. The quantitative estimate of drug-likeness (QED) is 0.915. The van der Waals surface area contributed by atoms with Gasteiger partial charge in [-0.3, -0.25) is 4.79 Å². The molecule has 2 aromatic heterocycles. The molecule has 3 saturated heterocycles. The number of carbonyl (C=O) groups excluding carboxylic acids is 1. The van der Waals surface area contributed by atoms with E-state index in [1.807, 2.05) is 24.3 Å². The molecule has 6 heteroatoms. The van der Waals surface area contributed by atoms with Crippen LogP contribution in [0.25, 0.3) is 0 Å². The lowest BCUT2D eigenvalue weighted by molar-refractivity contribution is 0.0622. The molecule has 0 radical (unpaired) electrons. The van der Waals surface area contributed by atoms with Crippen LogP contribution < -0.4 is 10.1 Å². The molecule has 1 N–H and O–H groups in total. The maximum Gasteiger partial charge on any atom is 0.261 e. The van der Waals surface area contributed by atoms with E-state index in [4.69, 9.17) is 4.74 Å². The van der Waals surface area contributed by atoms with Gasteiger partial charge in [-0.1, -0.05) is 11.3 Å². The van der Waals surface area contributed by atoms with Crippen molar-refractivity contribution in [3.05, 3.63) is 34.0 Å². The Morgan fingerprint density at radius 3 is 2.57 bits per heavy atom. The maximum atomic E-state index is 12.5. The zero-order valence-corrected chi connectivity index (χ0v) is 14.7. The van der Waals surface area contributed by atoms with E-state index < -0.39 is 0 Å². The van der Waals surface area contributed by atoms with E-state index in [0.717, 1.165) is 21.5 Å². The van der Waals surface area contributed by atoms with Gasteiger partial charge >= 0.3 is 0 Å².